The van der Waals surface area contributed by atoms with Gasteiger partial charge in [-0.2, -0.15) is 0 Å². The van der Waals surface area contributed by atoms with E-state index in [1.165, 1.54) is 0 Å². The SMILES string of the molecule is CNCCCN(C)C(=O)N1CCC(CCC(=O)O)C1. The average Bonchev–Trinajstić information content (AvgIpc) is 2.84. The molecule has 110 valence electrons. The number of hydrogen-bond acceptors (Lipinski definition) is 3. The van der Waals surface area contributed by atoms with Gasteiger partial charge < -0.3 is 20.2 Å². The largest absolute Gasteiger partial charge is 0.481 e. The molecule has 0 aliphatic carbocycles. The van der Waals surface area contributed by atoms with E-state index < -0.39 is 5.97 Å². The Hall–Kier alpha value is -1.30. The first-order valence-corrected chi connectivity index (χ1v) is 6.91. The summed E-state index contributed by atoms with van der Waals surface area (Å²) in [6, 6.07) is 0.0638. The van der Waals surface area contributed by atoms with E-state index in [0.29, 0.717) is 18.9 Å². The van der Waals surface area contributed by atoms with Crippen LogP contribution in [0.4, 0.5) is 4.79 Å². The highest BCUT2D eigenvalue weighted by atomic mass is 16.4. The molecule has 1 atom stereocenters. The zero-order valence-electron chi connectivity index (χ0n) is 11.9. The standard InChI is InChI=1S/C13H25N3O3/c1-14-7-3-8-15(2)13(19)16-9-6-11(10-16)4-5-12(17)18/h11,14H,3-10H2,1-2H3,(H,17,18). The monoisotopic (exact) mass is 271 g/mol. The lowest BCUT2D eigenvalue weighted by molar-refractivity contribution is -0.137. The highest BCUT2D eigenvalue weighted by molar-refractivity contribution is 5.74. The Balaban J connectivity index is 2.28. The number of nitrogens with zero attached hydrogens (tertiary/aromatic N) is 2. The van der Waals surface area contributed by atoms with Crippen molar-refractivity contribution in [3.05, 3.63) is 0 Å². The normalized spacial score (nSPS) is 18.6. The molecule has 0 bridgehead atoms. The molecule has 0 saturated carbocycles. The lowest BCUT2D eigenvalue weighted by Crippen LogP contribution is -2.40. The second-order valence-electron chi connectivity index (χ2n) is 5.19. The minimum absolute atomic E-state index is 0.0638. The maximum absolute atomic E-state index is 12.1. The van der Waals surface area contributed by atoms with E-state index in [1.807, 2.05) is 19.0 Å². The molecule has 1 unspecified atom stereocenters. The number of carbonyl (C=O) groups is 2. The van der Waals surface area contributed by atoms with Crippen LogP contribution in [0.3, 0.4) is 0 Å². The summed E-state index contributed by atoms with van der Waals surface area (Å²) < 4.78 is 0. The first-order valence-electron chi connectivity index (χ1n) is 6.91. The summed E-state index contributed by atoms with van der Waals surface area (Å²) in [5.74, 6) is -0.417. The Kier molecular flexibility index (Phi) is 6.62. The molecule has 1 aliphatic rings. The molecule has 6 nitrogen and oxygen atoms in total. The van der Waals surface area contributed by atoms with Crippen LogP contribution in [-0.4, -0.2) is 67.2 Å². The number of carboxylic acids is 1. The molecule has 0 aromatic rings. The van der Waals surface area contributed by atoms with Gasteiger partial charge in [-0.15, -0.1) is 0 Å². The van der Waals surface area contributed by atoms with Gasteiger partial charge in [0.25, 0.3) is 0 Å². The number of aliphatic carboxylic acids is 1. The highest BCUT2D eigenvalue weighted by Gasteiger charge is 2.27. The fraction of sp³-hybridized carbons (Fsp3) is 0.846. The Morgan fingerprint density at radius 1 is 1.47 bits per heavy atom. The van der Waals surface area contributed by atoms with Crippen molar-refractivity contribution in [2.45, 2.75) is 25.7 Å². The van der Waals surface area contributed by atoms with Gasteiger partial charge in [0.15, 0.2) is 0 Å². The smallest absolute Gasteiger partial charge is 0.319 e. The maximum Gasteiger partial charge on any atom is 0.319 e. The predicted molar refractivity (Wildman–Crippen MR) is 73.1 cm³/mol. The molecule has 19 heavy (non-hydrogen) atoms. The minimum Gasteiger partial charge on any atom is -0.481 e. The molecule has 1 aliphatic heterocycles. The molecule has 2 amide bonds. The minimum atomic E-state index is -0.756. The van der Waals surface area contributed by atoms with Crippen LogP contribution >= 0.6 is 0 Å². The quantitative estimate of drug-likeness (QED) is 0.673. The van der Waals surface area contributed by atoms with Crippen molar-refractivity contribution < 1.29 is 14.7 Å². The molecule has 0 radical (unpaired) electrons. The third kappa shape index (κ3) is 5.46. The third-order valence-electron chi connectivity index (χ3n) is 3.57. The number of carboxylic acid groups (broad SMARTS) is 1. The third-order valence-corrected chi connectivity index (χ3v) is 3.57. The molecule has 6 heteroatoms. The van der Waals surface area contributed by atoms with Crippen molar-refractivity contribution >= 4 is 12.0 Å². The van der Waals surface area contributed by atoms with Crippen LogP contribution in [0.5, 0.6) is 0 Å². The van der Waals surface area contributed by atoms with E-state index in [1.54, 1.807) is 4.90 Å². The molecule has 2 N–H and O–H groups in total. The van der Waals surface area contributed by atoms with Crippen molar-refractivity contribution in [3.8, 4) is 0 Å². The van der Waals surface area contributed by atoms with E-state index in [-0.39, 0.29) is 12.5 Å². The lowest BCUT2D eigenvalue weighted by atomic mass is 10.0. The fourth-order valence-corrected chi connectivity index (χ4v) is 2.40. The molecule has 0 aromatic carbocycles. The molecule has 0 spiro atoms. The Morgan fingerprint density at radius 3 is 2.84 bits per heavy atom. The average molecular weight is 271 g/mol. The Labute approximate surface area is 114 Å². The van der Waals surface area contributed by atoms with Crippen molar-refractivity contribution in [2.75, 3.05) is 40.3 Å². The van der Waals surface area contributed by atoms with Crippen LogP contribution in [0.1, 0.15) is 25.7 Å². The molecule has 1 saturated heterocycles. The van der Waals surface area contributed by atoms with E-state index in [9.17, 15) is 9.59 Å². The van der Waals surface area contributed by atoms with Gasteiger partial charge in [0, 0.05) is 33.1 Å². The number of hydrogen-bond donors (Lipinski definition) is 2. The van der Waals surface area contributed by atoms with Gasteiger partial charge in [0.05, 0.1) is 0 Å². The zero-order valence-corrected chi connectivity index (χ0v) is 11.9. The second kappa shape index (κ2) is 7.99. The number of carbonyl (C=O) groups excluding carboxylic acids is 1. The summed E-state index contributed by atoms with van der Waals surface area (Å²) in [7, 11) is 3.72. The van der Waals surface area contributed by atoms with Gasteiger partial charge in [-0.1, -0.05) is 0 Å². The number of likely N-dealkylation sites (tertiary alicyclic amines) is 1. The van der Waals surface area contributed by atoms with Gasteiger partial charge in [-0.05, 0) is 38.8 Å². The van der Waals surface area contributed by atoms with Gasteiger partial charge >= 0.3 is 12.0 Å². The summed E-state index contributed by atoms with van der Waals surface area (Å²) >= 11 is 0. The van der Waals surface area contributed by atoms with Crippen molar-refractivity contribution in [3.63, 3.8) is 0 Å². The summed E-state index contributed by atoms with van der Waals surface area (Å²) in [6.07, 6.45) is 2.73. The molecule has 1 fully saturated rings. The fourth-order valence-electron chi connectivity index (χ4n) is 2.40. The van der Waals surface area contributed by atoms with Crippen molar-refractivity contribution in [2.24, 2.45) is 5.92 Å². The van der Waals surface area contributed by atoms with Crippen molar-refractivity contribution in [1.29, 1.82) is 0 Å². The van der Waals surface area contributed by atoms with Gasteiger partial charge in [-0.25, -0.2) is 4.79 Å². The Bertz CT molecular complexity index is 310. The van der Waals surface area contributed by atoms with Crippen LogP contribution in [0.25, 0.3) is 0 Å². The molecule has 0 aromatic heterocycles. The zero-order chi connectivity index (χ0) is 14.3. The van der Waals surface area contributed by atoms with Crippen LogP contribution in [0.15, 0.2) is 0 Å². The molecular weight excluding hydrogens is 246 g/mol. The summed E-state index contributed by atoms with van der Waals surface area (Å²) in [4.78, 5) is 26.3. The molecule has 1 rings (SSSR count). The number of urea groups is 1. The maximum atomic E-state index is 12.1. The van der Waals surface area contributed by atoms with E-state index >= 15 is 0 Å². The lowest BCUT2D eigenvalue weighted by Gasteiger charge is -2.24. The number of rotatable bonds is 7. The van der Waals surface area contributed by atoms with Gasteiger partial charge in [0.1, 0.15) is 0 Å². The number of nitrogens with one attached hydrogen (secondary N) is 1. The topological polar surface area (TPSA) is 72.9 Å². The van der Waals surface area contributed by atoms with Crippen LogP contribution in [0.2, 0.25) is 0 Å². The van der Waals surface area contributed by atoms with E-state index in [2.05, 4.69) is 5.32 Å². The van der Waals surface area contributed by atoms with E-state index in [4.69, 9.17) is 5.11 Å². The number of amides is 2. The van der Waals surface area contributed by atoms with Gasteiger partial charge in [-0.3, -0.25) is 4.79 Å². The molecular formula is C13H25N3O3. The van der Waals surface area contributed by atoms with E-state index in [0.717, 1.165) is 32.5 Å². The predicted octanol–water partition coefficient (Wildman–Crippen LogP) is 0.834. The van der Waals surface area contributed by atoms with Crippen LogP contribution in [0, 0.1) is 5.92 Å². The Morgan fingerprint density at radius 2 is 2.21 bits per heavy atom. The summed E-state index contributed by atoms with van der Waals surface area (Å²) in [5, 5.41) is 11.7. The van der Waals surface area contributed by atoms with Crippen molar-refractivity contribution in [1.82, 2.24) is 15.1 Å². The van der Waals surface area contributed by atoms with Crippen LogP contribution in [-0.2, 0) is 4.79 Å². The summed E-state index contributed by atoms with van der Waals surface area (Å²) in [6.45, 7) is 3.09. The van der Waals surface area contributed by atoms with Gasteiger partial charge in [0.2, 0.25) is 0 Å². The summed E-state index contributed by atoms with van der Waals surface area (Å²) in [5.41, 5.74) is 0. The first kappa shape index (κ1) is 15.8. The first-order chi connectivity index (χ1) is 9.04. The highest BCUT2D eigenvalue weighted by Crippen LogP contribution is 2.21. The van der Waals surface area contributed by atoms with Crippen LogP contribution < -0.4 is 5.32 Å². The second-order valence-corrected chi connectivity index (χ2v) is 5.19. The molecule has 1 heterocycles.